The molecule has 1 fully saturated rings. The number of rotatable bonds is 4. The first kappa shape index (κ1) is 22.3. The minimum atomic E-state index is -0.576. The minimum absolute atomic E-state index is 0.200. The van der Waals surface area contributed by atoms with Gasteiger partial charge < -0.3 is 24.3 Å². The highest BCUT2D eigenvalue weighted by molar-refractivity contribution is 5.94. The highest BCUT2D eigenvalue weighted by Gasteiger charge is 2.32. The second-order valence-electron chi connectivity index (χ2n) is 9.42. The molecule has 2 aliphatic heterocycles. The van der Waals surface area contributed by atoms with E-state index in [0.29, 0.717) is 31.2 Å². The molecule has 0 spiro atoms. The number of aromatic nitrogens is 2. The molecule has 0 aliphatic carbocycles. The quantitative estimate of drug-likeness (QED) is 0.787. The lowest BCUT2D eigenvalue weighted by atomic mass is 10.0. The van der Waals surface area contributed by atoms with E-state index in [4.69, 9.17) is 14.5 Å². The molecule has 1 saturated heterocycles. The molecule has 0 saturated carbocycles. The first-order valence-electron chi connectivity index (χ1n) is 11.3. The van der Waals surface area contributed by atoms with Gasteiger partial charge in [0.15, 0.2) is 5.69 Å². The summed E-state index contributed by atoms with van der Waals surface area (Å²) in [6.45, 7) is 8.97. The van der Waals surface area contributed by atoms with Gasteiger partial charge in [0, 0.05) is 38.4 Å². The Balaban J connectivity index is 1.59. The van der Waals surface area contributed by atoms with Crippen LogP contribution in [-0.4, -0.2) is 58.4 Å². The van der Waals surface area contributed by atoms with Crippen molar-refractivity contribution < 1.29 is 19.1 Å². The molecule has 2 aliphatic rings. The second kappa shape index (κ2) is 9.32. The van der Waals surface area contributed by atoms with Gasteiger partial charge in [-0.3, -0.25) is 4.79 Å². The minimum Gasteiger partial charge on any atom is -0.444 e. The van der Waals surface area contributed by atoms with Crippen LogP contribution in [0.25, 0.3) is 11.4 Å². The fraction of sp³-hybridized carbons (Fsp3) is 0.542. The summed E-state index contributed by atoms with van der Waals surface area (Å²) in [6.07, 6.45) is 1.52. The number of fused-ring (bicyclic) bond motifs is 1. The van der Waals surface area contributed by atoms with Crippen molar-refractivity contribution in [2.24, 2.45) is 5.92 Å². The largest absolute Gasteiger partial charge is 0.444 e. The summed E-state index contributed by atoms with van der Waals surface area (Å²) in [4.78, 5) is 32.2. The molecule has 1 aromatic carbocycles. The summed E-state index contributed by atoms with van der Waals surface area (Å²) in [6, 6.07) is 9.84. The molecule has 0 bridgehead atoms. The molecule has 8 nitrogen and oxygen atoms in total. The van der Waals surface area contributed by atoms with Gasteiger partial charge in [-0.1, -0.05) is 30.3 Å². The van der Waals surface area contributed by atoms with Crippen LogP contribution in [0.2, 0.25) is 0 Å². The summed E-state index contributed by atoms with van der Waals surface area (Å²) >= 11 is 0. The van der Waals surface area contributed by atoms with Gasteiger partial charge in [0.25, 0.3) is 5.91 Å². The number of nitrogens with zero attached hydrogens (tertiary/aromatic N) is 3. The van der Waals surface area contributed by atoms with E-state index in [1.165, 1.54) is 0 Å². The Morgan fingerprint density at radius 1 is 1.16 bits per heavy atom. The van der Waals surface area contributed by atoms with Gasteiger partial charge in [0.1, 0.15) is 11.4 Å². The molecular weight excluding hydrogens is 408 g/mol. The maximum atomic E-state index is 13.2. The number of imidazole rings is 1. The fourth-order valence-corrected chi connectivity index (χ4v) is 4.11. The third-order valence-electron chi connectivity index (χ3n) is 5.80. The second-order valence-corrected chi connectivity index (χ2v) is 9.42. The molecule has 32 heavy (non-hydrogen) atoms. The Morgan fingerprint density at radius 2 is 1.88 bits per heavy atom. The van der Waals surface area contributed by atoms with Gasteiger partial charge in [-0.15, -0.1) is 0 Å². The summed E-state index contributed by atoms with van der Waals surface area (Å²) in [7, 11) is 0. The van der Waals surface area contributed by atoms with Gasteiger partial charge in [0.05, 0.1) is 12.2 Å². The number of benzene rings is 1. The van der Waals surface area contributed by atoms with E-state index in [9.17, 15) is 9.59 Å². The predicted molar refractivity (Wildman–Crippen MR) is 120 cm³/mol. The molecule has 1 N–H and O–H groups in total. The van der Waals surface area contributed by atoms with Crippen LogP contribution in [0.1, 0.15) is 49.8 Å². The van der Waals surface area contributed by atoms with Crippen LogP contribution < -0.4 is 5.32 Å². The van der Waals surface area contributed by atoms with E-state index in [1.54, 1.807) is 4.90 Å². The molecule has 2 amide bonds. The van der Waals surface area contributed by atoms with Crippen molar-refractivity contribution in [2.75, 3.05) is 26.3 Å². The SMILES string of the molecule is CC(C)(C)OC(=O)N1CCn2c(-c3ccccc3)nc(C(=O)NCC3CCOCC3)c2C1. The molecule has 4 rings (SSSR count). The lowest BCUT2D eigenvalue weighted by molar-refractivity contribution is 0.0198. The van der Waals surface area contributed by atoms with Crippen molar-refractivity contribution in [3.8, 4) is 11.4 Å². The predicted octanol–water partition coefficient (Wildman–Crippen LogP) is 3.46. The van der Waals surface area contributed by atoms with Crippen LogP contribution in [0.3, 0.4) is 0 Å². The molecule has 172 valence electrons. The van der Waals surface area contributed by atoms with Crippen molar-refractivity contribution in [1.29, 1.82) is 0 Å². The van der Waals surface area contributed by atoms with Crippen molar-refractivity contribution >= 4 is 12.0 Å². The average molecular weight is 441 g/mol. The number of hydrogen-bond acceptors (Lipinski definition) is 5. The molecular formula is C24H32N4O4. The van der Waals surface area contributed by atoms with Crippen molar-refractivity contribution in [1.82, 2.24) is 19.8 Å². The first-order valence-corrected chi connectivity index (χ1v) is 11.3. The molecule has 1 aromatic heterocycles. The Labute approximate surface area is 188 Å². The van der Waals surface area contributed by atoms with Crippen molar-refractivity contribution in [2.45, 2.75) is 52.3 Å². The zero-order valence-electron chi connectivity index (χ0n) is 19.1. The van der Waals surface area contributed by atoms with Crippen LogP contribution >= 0.6 is 0 Å². The zero-order chi connectivity index (χ0) is 22.7. The molecule has 3 heterocycles. The van der Waals surface area contributed by atoms with Gasteiger partial charge in [0.2, 0.25) is 0 Å². The number of nitrogens with one attached hydrogen (secondary N) is 1. The summed E-state index contributed by atoms with van der Waals surface area (Å²) in [5.41, 5.74) is 1.49. The number of hydrogen-bond donors (Lipinski definition) is 1. The molecule has 0 atom stereocenters. The zero-order valence-corrected chi connectivity index (χ0v) is 19.1. The Hall–Kier alpha value is -2.87. The third kappa shape index (κ3) is 5.12. The lowest BCUT2D eigenvalue weighted by Gasteiger charge is -2.31. The average Bonchev–Trinajstić information content (AvgIpc) is 3.16. The fourth-order valence-electron chi connectivity index (χ4n) is 4.11. The van der Waals surface area contributed by atoms with E-state index in [-0.39, 0.29) is 18.5 Å². The molecule has 0 radical (unpaired) electrons. The van der Waals surface area contributed by atoms with Crippen molar-refractivity contribution in [3.63, 3.8) is 0 Å². The maximum absolute atomic E-state index is 13.2. The summed E-state index contributed by atoms with van der Waals surface area (Å²) in [5.74, 6) is 0.965. The van der Waals surface area contributed by atoms with Crippen molar-refractivity contribution in [3.05, 3.63) is 41.7 Å². The Bertz CT molecular complexity index is 958. The number of ether oxygens (including phenoxy) is 2. The number of carbonyl (C=O) groups excluding carboxylic acids is 2. The van der Waals surface area contributed by atoms with Gasteiger partial charge in [-0.05, 0) is 39.5 Å². The molecule has 0 unspecified atom stereocenters. The van der Waals surface area contributed by atoms with E-state index < -0.39 is 5.60 Å². The van der Waals surface area contributed by atoms with Crippen LogP contribution in [-0.2, 0) is 22.6 Å². The van der Waals surface area contributed by atoms with Gasteiger partial charge >= 0.3 is 6.09 Å². The molecule has 8 heteroatoms. The maximum Gasteiger partial charge on any atom is 0.410 e. The highest BCUT2D eigenvalue weighted by Crippen LogP contribution is 2.27. The lowest BCUT2D eigenvalue weighted by Crippen LogP contribution is -2.42. The normalized spacial score (nSPS) is 17.0. The number of carbonyl (C=O) groups is 2. The Morgan fingerprint density at radius 3 is 2.56 bits per heavy atom. The Kier molecular flexibility index (Phi) is 6.50. The van der Waals surface area contributed by atoms with E-state index in [0.717, 1.165) is 43.1 Å². The number of amides is 2. The highest BCUT2D eigenvalue weighted by atomic mass is 16.6. The topological polar surface area (TPSA) is 85.7 Å². The van der Waals surface area contributed by atoms with E-state index in [1.807, 2.05) is 51.1 Å². The van der Waals surface area contributed by atoms with Gasteiger partial charge in [-0.2, -0.15) is 0 Å². The first-order chi connectivity index (χ1) is 15.3. The summed E-state index contributed by atoms with van der Waals surface area (Å²) < 4.78 is 13.0. The third-order valence-corrected chi connectivity index (χ3v) is 5.80. The van der Waals surface area contributed by atoms with E-state index in [2.05, 4.69) is 9.88 Å². The summed E-state index contributed by atoms with van der Waals surface area (Å²) in [5, 5.41) is 3.06. The standard InChI is InChI=1S/C24H32N4O4/c1-24(2,3)32-23(30)27-11-12-28-19(16-27)20(26-21(28)18-7-5-4-6-8-18)22(29)25-15-17-9-13-31-14-10-17/h4-8,17H,9-16H2,1-3H3,(H,25,29). The van der Waals surface area contributed by atoms with Crippen LogP contribution in [0.15, 0.2) is 30.3 Å². The van der Waals surface area contributed by atoms with Crippen LogP contribution in [0.4, 0.5) is 4.79 Å². The smallest absolute Gasteiger partial charge is 0.410 e. The van der Waals surface area contributed by atoms with Gasteiger partial charge in [-0.25, -0.2) is 9.78 Å². The van der Waals surface area contributed by atoms with Crippen LogP contribution in [0.5, 0.6) is 0 Å². The molecule has 2 aromatic rings. The van der Waals surface area contributed by atoms with E-state index >= 15 is 0 Å². The monoisotopic (exact) mass is 440 g/mol. The van der Waals surface area contributed by atoms with Crippen LogP contribution in [0, 0.1) is 5.92 Å².